The van der Waals surface area contributed by atoms with Crippen molar-refractivity contribution in [1.29, 1.82) is 0 Å². The summed E-state index contributed by atoms with van der Waals surface area (Å²) in [5, 5.41) is 20.2. The van der Waals surface area contributed by atoms with E-state index in [1.54, 1.807) is 6.07 Å². The molecule has 0 amide bonds. The van der Waals surface area contributed by atoms with E-state index < -0.39 is 4.92 Å². The highest BCUT2D eigenvalue weighted by molar-refractivity contribution is 5.46. The molecule has 0 aromatic carbocycles. The summed E-state index contributed by atoms with van der Waals surface area (Å²) in [6, 6.07) is 3.14. The van der Waals surface area contributed by atoms with Gasteiger partial charge in [-0.25, -0.2) is 0 Å². The van der Waals surface area contributed by atoms with Crippen LogP contribution in [-0.2, 0) is 0 Å². The van der Waals surface area contributed by atoms with E-state index in [2.05, 4.69) is 9.88 Å². The van der Waals surface area contributed by atoms with Crippen LogP contribution in [-0.4, -0.2) is 34.2 Å². The van der Waals surface area contributed by atoms with Crippen molar-refractivity contribution in [2.75, 3.05) is 18.0 Å². The van der Waals surface area contributed by atoms with Crippen LogP contribution in [0, 0.1) is 16.0 Å². The van der Waals surface area contributed by atoms with E-state index in [0.29, 0.717) is 0 Å². The zero-order valence-corrected chi connectivity index (χ0v) is 12.3. The van der Waals surface area contributed by atoms with Crippen molar-refractivity contribution < 1.29 is 10.0 Å². The van der Waals surface area contributed by atoms with Crippen LogP contribution in [0.25, 0.3) is 0 Å². The first-order valence-electron chi connectivity index (χ1n) is 7.11. The minimum Gasteiger partial charge on any atom is -0.393 e. The molecule has 1 aliphatic rings. The van der Waals surface area contributed by atoms with Crippen LogP contribution in [0.2, 0.25) is 0 Å². The standard InChI is InChI=1S/C12H17N3O3.C2H6/c1-9(16)10-3-2-6-14(8-10)11-4-5-12(13-7-11)15(17)18;1-2/h4-5,7,9-10,16H,2-3,6,8H2,1H3;1-2H3. The Morgan fingerprint density at radius 3 is 2.70 bits per heavy atom. The van der Waals surface area contributed by atoms with Crippen molar-refractivity contribution in [1.82, 2.24) is 4.98 Å². The second kappa shape index (κ2) is 7.79. The molecule has 2 rings (SSSR count). The monoisotopic (exact) mass is 281 g/mol. The van der Waals surface area contributed by atoms with Gasteiger partial charge in [-0.2, -0.15) is 0 Å². The minimum atomic E-state index is -0.501. The summed E-state index contributed by atoms with van der Waals surface area (Å²) >= 11 is 0. The molecule has 112 valence electrons. The first-order valence-corrected chi connectivity index (χ1v) is 7.11. The average molecular weight is 281 g/mol. The summed E-state index contributed by atoms with van der Waals surface area (Å²) in [5.41, 5.74) is 0.881. The predicted octanol–water partition coefficient (Wildman–Crippen LogP) is 2.61. The highest BCUT2D eigenvalue weighted by Crippen LogP contribution is 2.25. The molecule has 1 fully saturated rings. The van der Waals surface area contributed by atoms with Crippen molar-refractivity contribution >= 4 is 11.5 Å². The van der Waals surface area contributed by atoms with Crippen LogP contribution in [0.5, 0.6) is 0 Å². The minimum absolute atomic E-state index is 0.136. The van der Waals surface area contributed by atoms with Gasteiger partial charge in [0, 0.05) is 25.1 Å². The van der Waals surface area contributed by atoms with E-state index in [-0.39, 0.29) is 17.8 Å². The average Bonchev–Trinajstić information content (AvgIpc) is 2.49. The Kier molecular flexibility index (Phi) is 6.38. The fraction of sp³-hybridized carbons (Fsp3) is 0.643. The molecule has 6 heteroatoms. The molecule has 2 unspecified atom stereocenters. The molecule has 2 heterocycles. The van der Waals surface area contributed by atoms with Gasteiger partial charge in [0.05, 0.1) is 11.8 Å². The largest absolute Gasteiger partial charge is 0.393 e. The summed E-state index contributed by atoms with van der Waals surface area (Å²) in [4.78, 5) is 16.0. The zero-order chi connectivity index (χ0) is 15.1. The maximum atomic E-state index is 10.5. The quantitative estimate of drug-likeness (QED) is 0.680. The topological polar surface area (TPSA) is 79.5 Å². The Morgan fingerprint density at radius 2 is 2.20 bits per heavy atom. The van der Waals surface area contributed by atoms with Crippen LogP contribution in [0.3, 0.4) is 0 Å². The Bertz CT molecular complexity index is 420. The third kappa shape index (κ3) is 4.16. The maximum Gasteiger partial charge on any atom is 0.363 e. The lowest BCUT2D eigenvalue weighted by Crippen LogP contribution is -2.39. The van der Waals surface area contributed by atoms with Crippen LogP contribution < -0.4 is 4.90 Å². The number of anilines is 1. The fourth-order valence-electron chi connectivity index (χ4n) is 2.31. The summed E-state index contributed by atoms with van der Waals surface area (Å²) in [7, 11) is 0. The van der Waals surface area contributed by atoms with E-state index in [1.165, 1.54) is 12.3 Å². The molecule has 1 aliphatic heterocycles. The third-order valence-electron chi connectivity index (χ3n) is 3.42. The van der Waals surface area contributed by atoms with Gasteiger partial charge in [0.15, 0.2) is 6.20 Å². The highest BCUT2D eigenvalue weighted by atomic mass is 16.6. The van der Waals surface area contributed by atoms with Crippen molar-refractivity contribution in [3.63, 3.8) is 0 Å². The van der Waals surface area contributed by atoms with Gasteiger partial charge in [-0.1, -0.05) is 13.8 Å². The van der Waals surface area contributed by atoms with Crippen LogP contribution >= 0.6 is 0 Å². The van der Waals surface area contributed by atoms with Crippen molar-refractivity contribution in [3.05, 3.63) is 28.4 Å². The van der Waals surface area contributed by atoms with E-state index in [1.807, 2.05) is 20.8 Å². The number of aliphatic hydroxyl groups excluding tert-OH is 1. The fourth-order valence-corrected chi connectivity index (χ4v) is 2.31. The van der Waals surface area contributed by atoms with Gasteiger partial charge < -0.3 is 20.1 Å². The van der Waals surface area contributed by atoms with E-state index in [9.17, 15) is 15.2 Å². The Labute approximate surface area is 119 Å². The molecule has 0 saturated carbocycles. The van der Waals surface area contributed by atoms with Gasteiger partial charge in [0.1, 0.15) is 0 Å². The number of pyridine rings is 1. The van der Waals surface area contributed by atoms with Gasteiger partial charge in [0.25, 0.3) is 0 Å². The molecule has 0 radical (unpaired) electrons. The second-order valence-electron chi connectivity index (χ2n) is 4.72. The summed E-state index contributed by atoms with van der Waals surface area (Å²) < 4.78 is 0. The Morgan fingerprint density at radius 1 is 1.50 bits per heavy atom. The molecule has 6 nitrogen and oxygen atoms in total. The molecule has 2 atom stereocenters. The zero-order valence-electron chi connectivity index (χ0n) is 12.3. The van der Waals surface area contributed by atoms with Crippen LogP contribution in [0.4, 0.5) is 11.5 Å². The van der Waals surface area contributed by atoms with Crippen LogP contribution in [0.1, 0.15) is 33.6 Å². The van der Waals surface area contributed by atoms with E-state index >= 15 is 0 Å². The lowest BCUT2D eigenvalue weighted by molar-refractivity contribution is -0.389. The number of hydrogen-bond acceptors (Lipinski definition) is 5. The van der Waals surface area contributed by atoms with Gasteiger partial charge in [0.2, 0.25) is 0 Å². The number of rotatable bonds is 3. The van der Waals surface area contributed by atoms with Gasteiger partial charge in [-0.3, -0.25) is 0 Å². The normalized spacial score (nSPS) is 19.8. The summed E-state index contributed by atoms with van der Waals surface area (Å²) in [6.07, 6.45) is 3.25. The van der Waals surface area contributed by atoms with E-state index in [4.69, 9.17) is 0 Å². The predicted molar refractivity (Wildman–Crippen MR) is 78.9 cm³/mol. The summed E-state index contributed by atoms with van der Waals surface area (Å²) in [6.45, 7) is 7.49. The molecule has 0 spiro atoms. The van der Waals surface area contributed by atoms with Gasteiger partial charge >= 0.3 is 5.82 Å². The van der Waals surface area contributed by atoms with Crippen molar-refractivity contribution in [2.45, 2.75) is 39.7 Å². The molecule has 20 heavy (non-hydrogen) atoms. The number of aliphatic hydroxyl groups is 1. The number of piperidine rings is 1. The van der Waals surface area contributed by atoms with Crippen molar-refractivity contribution in [2.24, 2.45) is 5.92 Å². The molecule has 1 N–H and O–H groups in total. The number of nitrogens with zero attached hydrogens (tertiary/aromatic N) is 3. The molecule has 1 aromatic heterocycles. The molecular formula is C14H23N3O3. The van der Waals surface area contributed by atoms with Crippen LogP contribution in [0.15, 0.2) is 18.3 Å². The summed E-state index contributed by atoms with van der Waals surface area (Å²) in [5.74, 6) is 0.122. The first kappa shape index (κ1) is 16.4. The number of hydrogen-bond donors (Lipinski definition) is 1. The van der Waals surface area contributed by atoms with Gasteiger partial charge in [-0.05, 0) is 35.7 Å². The molecule has 1 saturated heterocycles. The Hall–Kier alpha value is -1.69. The SMILES string of the molecule is CC.CC(O)C1CCCN(c2ccc([N+](=O)[O-])nc2)C1. The lowest BCUT2D eigenvalue weighted by Gasteiger charge is -2.35. The smallest absolute Gasteiger partial charge is 0.363 e. The number of aromatic nitrogens is 1. The van der Waals surface area contributed by atoms with Gasteiger partial charge in [-0.15, -0.1) is 0 Å². The molecular weight excluding hydrogens is 258 g/mol. The Balaban J connectivity index is 0.000000956. The number of nitro groups is 1. The lowest BCUT2D eigenvalue weighted by atomic mass is 9.93. The highest BCUT2D eigenvalue weighted by Gasteiger charge is 2.24. The molecule has 1 aromatic rings. The van der Waals surface area contributed by atoms with E-state index in [0.717, 1.165) is 31.6 Å². The molecule has 0 bridgehead atoms. The molecule has 0 aliphatic carbocycles. The third-order valence-corrected chi connectivity index (χ3v) is 3.42. The maximum absolute atomic E-state index is 10.5. The first-order chi connectivity index (χ1) is 9.58. The second-order valence-corrected chi connectivity index (χ2v) is 4.72. The van der Waals surface area contributed by atoms with Crippen molar-refractivity contribution in [3.8, 4) is 0 Å².